The van der Waals surface area contributed by atoms with Crippen molar-refractivity contribution in [2.24, 2.45) is 11.0 Å². The Morgan fingerprint density at radius 3 is 2.79 bits per heavy atom. The molecule has 0 aliphatic carbocycles. The predicted octanol–water partition coefficient (Wildman–Crippen LogP) is 3.09. The molecule has 1 saturated heterocycles. The Morgan fingerprint density at radius 2 is 2.07 bits per heavy atom. The van der Waals surface area contributed by atoms with E-state index in [-0.39, 0.29) is 23.1 Å². The van der Waals surface area contributed by atoms with Crippen molar-refractivity contribution < 1.29 is 31.9 Å². The zero-order valence-electron chi connectivity index (χ0n) is 14.5. The molecule has 3 N–H and O–H groups in total. The first kappa shape index (κ1) is 19.9. The van der Waals surface area contributed by atoms with E-state index < -0.39 is 29.4 Å². The van der Waals surface area contributed by atoms with E-state index in [0.717, 1.165) is 6.07 Å². The lowest BCUT2D eigenvalue weighted by molar-refractivity contribution is -0.142. The second-order valence-electron chi connectivity index (χ2n) is 6.41. The van der Waals surface area contributed by atoms with Gasteiger partial charge in [-0.25, -0.2) is 4.39 Å². The third-order valence-corrected chi connectivity index (χ3v) is 4.33. The Labute approximate surface area is 157 Å². The number of halogens is 4. The van der Waals surface area contributed by atoms with Crippen molar-refractivity contribution in [3.63, 3.8) is 0 Å². The highest BCUT2D eigenvalue weighted by molar-refractivity contribution is 5.77. The van der Waals surface area contributed by atoms with Crippen molar-refractivity contribution in [3.8, 4) is 11.3 Å². The summed E-state index contributed by atoms with van der Waals surface area (Å²) in [7, 11) is 0. The highest BCUT2D eigenvalue weighted by atomic mass is 19.4. The van der Waals surface area contributed by atoms with E-state index in [2.05, 4.69) is 15.8 Å². The average Bonchev–Trinajstić information content (AvgIpc) is 3.10. The Kier molecular flexibility index (Phi) is 5.68. The number of alkyl halides is 3. The maximum absolute atomic E-state index is 13.4. The molecular formula is C18H17F4N3O3. The maximum Gasteiger partial charge on any atom is 0.419 e. The van der Waals surface area contributed by atoms with Crippen molar-refractivity contribution in [2.45, 2.75) is 18.6 Å². The topological polar surface area (TPSA) is 86.9 Å². The van der Waals surface area contributed by atoms with E-state index in [4.69, 9.17) is 9.52 Å². The van der Waals surface area contributed by atoms with Gasteiger partial charge in [0.1, 0.15) is 17.3 Å². The summed E-state index contributed by atoms with van der Waals surface area (Å²) in [6, 6.07) is 5.42. The quantitative estimate of drug-likeness (QED) is 0.409. The van der Waals surface area contributed by atoms with E-state index in [1.807, 2.05) is 0 Å². The molecule has 10 heteroatoms. The number of carboxylic acid groups (broad SMARTS) is 1. The third kappa shape index (κ3) is 4.69. The van der Waals surface area contributed by atoms with Crippen LogP contribution in [0.15, 0.2) is 39.9 Å². The molecule has 0 bridgehead atoms. The molecule has 0 unspecified atom stereocenters. The fourth-order valence-electron chi connectivity index (χ4n) is 2.91. The number of aliphatic carboxylic acids is 1. The van der Waals surface area contributed by atoms with Gasteiger partial charge in [-0.15, -0.1) is 0 Å². The Hall–Kier alpha value is -2.88. The number of hydrogen-bond donors (Lipinski definition) is 3. The summed E-state index contributed by atoms with van der Waals surface area (Å²) in [6.07, 6.45) is -3.05. The zero-order valence-corrected chi connectivity index (χ0v) is 14.5. The summed E-state index contributed by atoms with van der Waals surface area (Å²) in [4.78, 5) is 11.0. The minimum absolute atomic E-state index is 0.0853. The number of carboxylic acids is 1. The van der Waals surface area contributed by atoms with Crippen LogP contribution in [0.3, 0.4) is 0 Å². The number of nitrogens with zero attached hydrogens (tertiary/aromatic N) is 1. The Morgan fingerprint density at radius 1 is 1.29 bits per heavy atom. The van der Waals surface area contributed by atoms with Crippen molar-refractivity contribution in [1.29, 1.82) is 0 Å². The van der Waals surface area contributed by atoms with Crippen molar-refractivity contribution in [3.05, 3.63) is 47.5 Å². The first-order chi connectivity index (χ1) is 13.2. The molecule has 3 rings (SSSR count). The number of furan rings is 1. The number of nitrogens with one attached hydrogen (secondary N) is 2. The first-order valence-electron chi connectivity index (χ1n) is 8.43. The molecule has 1 aliphatic heterocycles. The molecule has 28 heavy (non-hydrogen) atoms. The zero-order chi connectivity index (χ0) is 20.3. The van der Waals surface area contributed by atoms with Crippen LogP contribution in [0.2, 0.25) is 0 Å². The van der Waals surface area contributed by atoms with Crippen LogP contribution in [0.25, 0.3) is 11.3 Å². The highest BCUT2D eigenvalue weighted by Gasteiger charge is 2.34. The van der Waals surface area contributed by atoms with Crippen LogP contribution < -0.4 is 10.7 Å². The van der Waals surface area contributed by atoms with E-state index in [0.29, 0.717) is 25.6 Å². The molecule has 2 aromatic rings. The number of hydrazone groups is 1. The Bertz CT molecular complexity index is 879. The normalized spacial score (nSPS) is 20.4. The predicted molar refractivity (Wildman–Crippen MR) is 92.2 cm³/mol. The second kappa shape index (κ2) is 8.01. The van der Waals surface area contributed by atoms with Crippen molar-refractivity contribution in [2.75, 3.05) is 13.1 Å². The van der Waals surface area contributed by atoms with Gasteiger partial charge in [0.15, 0.2) is 0 Å². The molecular weight excluding hydrogens is 382 g/mol. The molecule has 1 aliphatic rings. The lowest BCUT2D eigenvalue weighted by Crippen LogP contribution is -2.47. The summed E-state index contributed by atoms with van der Waals surface area (Å²) in [5.41, 5.74) is 1.55. The number of carbonyl (C=O) groups is 1. The smallest absolute Gasteiger partial charge is 0.419 e. The van der Waals surface area contributed by atoms with Gasteiger partial charge in [-0.2, -0.15) is 18.3 Å². The fourth-order valence-corrected chi connectivity index (χ4v) is 2.91. The third-order valence-electron chi connectivity index (χ3n) is 4.33. The second-order valence-corrected chi connectivity index (χ2v) is 6.41. The monoisotopic (exact) mass is 399 g/mol. The van der Waals surface area contributed by atoms with Crippen LogP contribution in [-0.2, 0) is 11.0 Å². The molecule has 2 heterocycles. The molecule has 0 amide bonds. The number of hydrogen-bond acceptors (Lipinski definition) is 5. The van der Waals surface area contributed by atoms with Crippen LogP contribution in [0.5, 0.6) is 0 Å². The van der Waals surface area contributed by atoms with Gasteiger partial charge in [-0.3, -0.25) is 4.79 Å². The maximum atomic E-state index is 13.4. The van der Waals surface area contributed by atoms with Crippen LogP contribution in [0, 0.1) is 11.7 Å². The lowest BCUT2D eigenvalue weighted by atomic mass is 9.96. The summed E-state index contributed by atoms with van der Waals surface area (Å²) in [6.45, 7) is 0.955. The Balaban J connectivity index is 1.66. The van der Waals surface area contributed by atoms with E-state index in [1.54, 1.807) is 0 Å². The van der Waals surface area contributed by atoms with Gasteiger partial charge in [-0.05, 0) is 36.8 Å². The molecule has 0 spiro atoms. The highest BCUT2D eigenvalue weighted by Crippen LogP contribution is 2.34. The average molecular weight is 399 g/mol. The molecule has 6 nitrogen and oxygen atoms in total. The van der Waals surface area contributed by atoms with E-state index in [9.17, 15) is 22.4 Å². The SMILES string of the molecule is O=C(O)[C@H]1CNC[C@@H](N/N=C/c2ccc(-c3ccc(F)c(C(F)(F)F)c3)o2)C1. The molecule has 0 radical (unpaired) electrons. The number of rotatable bonds is 5. The summed E-state index contributed by atoms with van der Waals surface area (Å²) in [5, 5.41) is 16.0. The molecule has 1 aromatic carbocycles. The summed E-state index contributed by atoms with van der Waals surface area (Å²) < 4.78 is 57.3. The van der Waals surface area contributed by atoms with Crippen LogP contribution >= 0.6 is 0 Å². The molecule has 2 atom stereocenters. The van der Waals surface area contributed by atoms with Gasteiger partial charge in [0.2, 0.25) is 0 Å². The van der Waals surface area contributed by atoms with Gasteiger partial charge in [-0.1, -0.05) is 0 Å². The van der Waals surface area contributed by atoms with Gasteiger partial charge in [0.25, 0.3) is 0 Å². The van der Waals surface area contributed by atoms with E-state index in [1.165, 1.54) is 24.4 Å². The van der Waals surface area contributed by atoms with Gasteiger partial charge in [0, 0.05) is 18.7 Å². The summed E-state index contributed by atoms with van der Waals surface area (Å²) >= 11 is 0. The number of benzene rings is 1. The molecule has 1 aromatic heterocycles. The van der Waals surface area contributed by atoms with Crippen molar-refractivity contribution >= 4 is 12.2 Å². The van der Waals surface area contributed by atoms with Crippen LogP contribution in [0.4, 0.5) is 17.6 Å². The number of piperidine rings is 1. The van der Waals surface area contributed by atoms with Crippen LogP contribution in [-0.4, -0.2) is 36.4 Å². The van der Waals surface area contributed by atoms with Gasteiger partial charge >= 0.3 is 12.1 Å². The molecule has 0 saturated carbocycles. The fraction of sp³-hybridized carbons (Fsp3) is 0.333. The molecule has 1 fully saturated rings. The minimum Gasteiger partial charge on any atom is -0.481 e. The minimum atomic E-state index is -4.80. The van der Waals surface area contributed by atoms with Gasteiger partial charge < -0.3 is 20.3 Å². The van der Waals surface area contributed by atoms with Crippen LogP contribution in [0.1, 0.15) is 17.7 Å². The molecule has 150 valence electrons. The first-order valence-corrected chi connectivity index (χ1v) is 8.43. The largest absolute Gasteiger partial charge is 0.481 e. The van der Waals surface area contributed by atoms with Crippen molar-refractivity contribution in [1.82, 2.24) is 10.7 Å². The van der Waals surface area contributed by atoms with Gasteiger partial charge in [0.05, 0.1) is 23.7 Å². The summed E-state index contributed by atoms with van der Waals surface area (Å²) in [5.74, 6) is -2.32. The lowest BCUT2D eigenvalue weighted by Gasteiger charge is -2.26. The standard InChI is InChI=1S/C18H17F4N3O3/c19-15-3-1-10(6-14(15)18(20,21)22)16-4-2-13(28-16)9-24-25-12-5-11(17(26)27)7-23-8-12/h1-4,6,9,11-12,23,25H,5,7-8H2,(H,26,27)/b24-9+/t11-,12+/m1/s1. The van der Waals surface area contributed by atoms with E-state index >= 15 is 0 Å².